The zero-order chi connectivity index (χ0) is 13.8. The van der Waals surface area contributed by atoms with Gasteiger partial charge >= 0.3 is 5.69 Å². The molecule has 1 aromatic heterocycles. The molecule has 2 N–H and O–H groups in total. The van der Waals surface area contributed by atoms with Gasteiger partial charge in [-0.2, -0.15) is 4.39 Å². The number of nitro groups is 1. The van der Waals surface area contributed by atoms with E-state index in [2.05, 4.69) is 4.98 Å². The van der Waals surface area contributed by atoms with Crippen molar-refractivity contribution in [1.29, 1.82) is 0 Å². The predicted octanol–water partition coefficient (Wildman–Crippen LogP) is 3.00. The van der Waals surface area contributed by atoms with Gasteiger partial charge in [0.15, 0.2) is 0 Å². The first-order valence-corrected chi connectivity index (χ1v) is 6.31. The van der Waals surface area contributed by atoms with Gasteiger partial charge in [0.05, 0.1) is 16.8 Å². The monoisotopic (exact) mass is 279 g/mol. The van der Waals surface area contributed by atoms with Crippen LogP contribution in [0.25, 0.3) is 0 Å². The van der Waals surface area contributed by atoms with Crippen molar-refractivity contribution in [3.05, 3.63) is 58.2 Å². The van der Waals surface area contributed by atoms with Gasteiger partial charge in [-0.3, -0.25) is 15.1 Å². The van der Waals surface area contributed by atoms with Crippen molar-refractivity contribution in [2.45, 2.75) is 10.6 Å². The van der Waals surface area contributed by atoms with Gasteiger partial charge in [-0.25, -0.2) is 0 Å². The lowest BCUT2D eigenvalue weighted by molar-refractivity contribution is -0.387. The summed E-state index contributed by atoms with van der Waals surface area (Å²) in [6.07, 6.45) is 3.16. The van der Waals surface area contributed by atoms with Crippen LogP contribution in [-0.2, 0) is 5.75 Å². The highest BCUT2D eigenvalue weighted by molar-refractivity contribution is 7.98. The molecule has 0 bridgehead atoms. The summed E-state index contributed by atoms with van der Waals surface area (Å²) in [7, 11) is 0. The standard InChI is InChI=1S/C12H10FN3O2S/c13-9-5-8(1-2-11(9)16(17)18)7-19-12-3-4-15-6-10(12)14/h1-6H,7,14H2. The molecule has 19 heavy (non-hydrogen) atoms. The molecule has 0 atom stereocenters. The number of nitrogens with zero attached hydrogens (tertiary/aromatic N) is 2. The number of hydrogen-bond donors (Lipinski definition) is 1. The number of benzene rings is 1. The summed E-state index contributed by atoms with van der Waals surface area (Å²) in [5.41, 5.74) is 6.42. The number of nitrogen functional groups attached to an aromatic ring is 1. The molecule has 0 aliphatic carbocycles. The van der Waals surface area contributed by atoms with Gasteiger partial charge < -0.3 is 5.73 Å². The molecule has 0 fully saturated rings. The second kappa shape index (κ2) is 5.66. The molecule has 0 aliphatic heterocycles. The summed E-state index contributed by atoms with van der Waals surface area (Å²) in [5, 5.41) is 10.5. The molecule has 5 nitrogen and oxygen atoms in total. The van der Waals surface area contributed by atoms with Crippen LogP contribution < -0.4 is 5.73 Å². The third kappa shape index (κ3) is 3.19. The van der Waals surface area contributed by atoms with Gasteiger partial charge in [0, 0.05) is 22.9 Å². The van der Waals surface area contributed by atoms with E-state index in [4.69, 9.17) is 5.73 Å². The smallest absolute Gasteiger partial charge is 0.304 e. The second-order valence-corrected chi connectivity index (χ2v) is 4.76. The molecule has 0 radical (unpaired) electrons. The average Bonchev–Trinajstić information content (AvgIpc) is 2.37. The Morgan fingerprint density at radius 2 is 2.21 bits per heavy atom. The van der Waals surface area contributed by atoms with E-state index < -0.39 is 16.4 Å². The number of nitro benzene ring substituents is 1. The minimum absolute atomic E-state index is 0.475. The van der Waals surface area contributed by atoms with E-state index in [-0.39, 0.29) is 0 Å². The maximum atomic E-state index is 13.4. The van der Waals surface area contributed by atoms with Gasteiger partial charge in [-0.05, 0) is 17.7 Å². The molecule has 2 aromatic rings. The fraction of sp³-hybridized carbons (Fsp3) is 0.0833. The molecule has 7 heteroatoms. The topological polar surface area (TPSA) is 82.0 Å². The van der Waals surface area contributed by atoms with Crippen LogP contribution in [0.1, 0.15) is 5.56 Å². The van der Waals surface area contributed by atoms with Gasteiger partial charge in [0.2, 0.25) is 5.82 Å². The molecule has 98 valence electrons. The van der Waals surface area contributed by atoms with Gasteiger partial charge in [-0.1, -0.05) is 6.07 Å². The number of nitrogens with two attached hydrogens (primary N) is 1. The van der Waals surface area contributed by atoms with E-state index in [0.29, 0.717) is 17.0 Å². The summed E-state index contributed by atoms with van der Waals surface area (Å²) in [6, 6.07) is 5.64. The Bertz CT molecular complexity index is 622. The number of pyridine rings is 1. The van der Waals surface area contributed by atoms with Crippen molar-refractivity contribution in [3.63, 3.8) is 0 Å². The fourth-order valence-electron chi connectivity index (χ4n) is 1.47. The second-order valence-electron chi connectivity index (χ2n) is 3.75. The summed E-state index contributed by atoms with van der Waals surface area (Å²) in [5.74, 6) is -0.353. The van der Waals surface area contributed by atoms with Crippen LogP contribution in [0, 0.1) is 15.9 Å². The lowest BCUT2D eigenvalue weighted by Gasteiger charge is -2.04. The molecule has 0 spiro atoms. The van der Waals surface area contributed by atoms with Crippen LogP contribution in [0.2, 0.25) is 0 Å². The number of rotatable bonds is 4. The van der Waals surface area contributed by atoms with Gasteiger partial charge in [0.1, 0.15) is 0 Å². The number of halogens is 1. The lowest BCUT2D eigenvalue weighted by atomic mass is 10.2. The van der Waals surface area contributed by atoms with E-state index in [9.17, 15) is 14.5 Å². The van der Waals surface area contributed by atoms with Crippen molar-refractivity contribution in [2.75, 3.05) is 5.73 Å². The molecular weight excluding hydrogens is 269 g/mol. The number of thioether (sulfide) groups is 1. The van der Waals surface area contributed by atoms with Crippen molar-refractivity contribution in [3.8, 4) is 0 Å². The third-order valence-corrected chi connectivity index (χ3v) is 3.57. The number of aromatic nitrogens is 1. The summed E-state index contributed by atoms with van der Waals surface area (Å²) in [6.45, 7) is 0. The van der Waals surface area contributed by atoms with E-state index in [1.807, 2.05) is 0 Å². The van der Waals surface area contributed by atoms with Gasteiger partial charge in [-0.15, -0.1) is 11.8 Å². The summed E-state index contributed by atoms with van der Waals surface area (Å²) < 4.78 is 13.4. The average molecular weight is 279 g/mol. The number of hydrogen-bond acceptors (Lipinski definition) is 5. The van der Waals surface area contributed by atoms with E-state index >= 15 is 0 Å². The molecule has 1 heterocycles. The normalized spacial score (nSPS) is 10.4. The Balaban J connectivity index is 2.11. The van der Waals surface area contributed by atoms with Crippen LogP contribution >= 0.6 is 11.8 Å². The van der Waals surface area contributed by atoms with Crippen molar-refractivity contribution in [1.82, 2.24) is 4.98 Å². The van der Waals surface area contributed by atoms with Crippen LogP contribution in [-0.4, -0.2) is 9.91 Å². The third-order valence-electron chi connectivity index (χ3n) is 2.41. The van der Waals surface area contributed by atoms with Crippen LogP contribution in [0.4, 0.5) is 15.8 Å². The lowest BCUT2D eigenvalue weighted by Crippen LogP contribution is -1.94. The highest BCUT2D eigenvalue weighted by Gasteiger charge is 2.13. The van der Waals surface area contributed by atoms with Crippen LogP contribution in [0.15, 0.2) is 41.6 Å². The minimum Gasteiger partial charge on any atom is -0.397 e. The summed E-state index contributed by atoms with van der Waals surface area (Å²) in [4.78, 5) is 14.5. The quantitative estimate of drug-likeness (QED) is 0.528. The molecule has 1 aromatic carbocycles. The first-order valence-electron chi connectivity index (χ1n) is 5.33. The Labute approximate surface area is 112 Å². The zero-order valence-electron chi connectivity index (χ0n) is 9.75. The van der Waals surface area contributed by atoms with Crippen molar-refractivity contribution < 1.29 is 9.31 Å². The largest absolute Gasteiger partial charge is 0.397 e. The molecule has 0 saturated heterocycles. The molecule has 2 rings (SSSR count). The van der Waals surface area contributed by atoms with Gasteiger partial charge in [0.25, 0.3) is 0 Å². The maximum absolute atomic E-state index is 13.4. The maximum Gasteiger partial charge on any atom is 0.304 e. The van der Waals surface area contributed by atoms with Crippen molar-refractivity contribution >= 4 is 23.1 Å². The SMILES string of the molecule is Nc1cnccc1SCc1ccc([N+](=O)[O-])c(F)c1. The molecular formula is C12H10FN3O2S. The van der Waals surface area contributed by atoms with E-state index in [0.717, 1.165) is 4.90 Å². The van der Waals surface area contributed by atoms with E-state index in [1.54, 1.807) is 18.5 Å². The Morgan fingerprint density at radius 3 is 2.84 bits per heavy atom. The highest BCUT2D eigenvalue weighted by Crippen LogP contribution is 2.28. The van der Waals surface area contributed by atoms with Crippen LogP contribution in [0.3, 0.4) is 0 Å². The molecule has 0 unspecified atom stereocenters. The first kappa shape index (κ1) is 13.3. The zero-order valence-corrected chi connectivity index (χ0v) is 10.6. The van der Waals surface area contributed by atoms with Crippen molar-refractivity contribution in [2.24, 2.45) is 0 Å². The van der Waals surface area contributed by atoms with E-state index in [1.165, 1.54) is 30.0 Å². The Kier molecular flexibility index (Phi) is 3.96. The molecule has 0 saturated carbocycles. The van der Waals surface area contributed by atoms with Crippen LogP contribution in [0.5, 0.6) is 0 Å². The molecule has 0 amide bonds. The Morgan fingerprint density at radius 1 is 1.42 bits per heavy atom. The fourth-order valence-corrected chi connectivity index (χ4v) is 2.35. The predicted molar refractivity (Wildman–Crippen MR) is 71.3 cm³/mol. The first-order chi connectivity index (χ1) is 9.08. The molecule has 0 aliphatic rings. The number of anilines is 1. The highest BCUT2D eigenvalue weighted by atomic mass is 32.2. The Hall–Kier alpha value is -2.15. The minimum atomic E-state index is -0.828. The summed E-state index contributed by atoms with van der Waals surface area (Å²) >= 11 is 1.42.